The summed E-state index contributed by atoms with van der Waals surface area (Å²) in [5, 5.41) is 11.3. The van der Waals surface area contributed by atoms with Gasteiger partial charge >= 0.3 is 5.69 Å². The summed E-state index contributed by atoms with van der Waals surface area (Å²) in [6, 6.07) is 0. The molecule has 1 saturated heterocycles. The van der Waals surface area contributed by atoms with E-state index < -0.39 is 4.92 Å². The highest BCUT2D eigenvalue weighted by molar-refractivity contribution is 5.70. The van der Waals surface area contributed by atoms with E-state index in [0.717, 1.165) is 25.4 Å². The van der Waals surface area contributed by atoms with Crippen molar-refractivity contribution in [3.8, 4) is 0 Å². The molecular weight excluding hydrogens is 272 g/mol. The Morgan fingerprint density at radius 2 is 2.05 bits per heavy atom. The van der Waals surface area contributed by atoms with E-state index in [-0.39, 0.29) is 11.5 Å². The predicted octanol–water partition coefficient (Wildman–Crippen LogP) is 1.69. The Morgan fingerprint density at radius 1 is 1.29 bits per heavy atom. The van der Waals surface area contributed by atoms with Crippen LogP contribution in [0.3, 0.4) is 0 Å². The van der Waals surface area contributed by atoms with E-state index in [4.69, 9.17) is 5.84 Å². The van der Waals surface area contributed by atoms with Gasteiger partial charge in [0.1, 0.15) is 6.33 Å². The summed E-state index contributed by atoms with van der Waals surface area (Å²) < 4.78 is 0. The summed E-state index contributed by atoms with van der Waals surface area (Å²) in [5.74, 6) is 7.17. The van der Waals surface area contributed by atoms with Gasteiger partial charge in [-0.25, -0.2) is 15.8 Å². The number of fused-ring (bicyclic) bond motifs is 1. The van der Waals surface area contributed by atoms with Gasteiger partial charge in [0.15, 0.2) is 0 Å². The van der Waals surface area contributed by atoms with Crippen LogP contribution in [-0.4, -0.2) is 28.0 Å². The number of nitrogens with two attached hydrogens (primary N) is 1. The number of nitrogens with one attached hydrogen (secondary N) is 1. The quantitative estimate of drug-likeness (QED) is 0.495. The van der Waals surface area contributed by atoms with Crippen molar-refractivity contribution in [1.82, 2.24) is 9.97 Å². The van der Waals surface area contributed by atoms with Crippen LogP contribution >= 0.6 is 0 Å². The fourth-order valence-electron chi connectivity index (χ4n) is 3.67. The zero-order valence-electron chi connectivity index (χ0n) is 11.9. The molecule has 2 fully saturated rings. The van der Waals surface area contributed by atoms with Crippen LogP contribution in [0.15, 0.2) is 6.33 Å². The Hall–Kier alpha value is -1.96. The van der Waals surface area contributed by atoms with Gasteiger partial charge in [0.2, 0.25) is 11.6 Å². The van der Waals surface area contributed by atoms with Gasteiger partial charge in [-0.3, -0.25) is 10.1 Å². The van der Waals surface area contributed by atoms with Crippen molar-refractivity contribution >= 4 is 17.3 Å². The molecule has 2 atom stereocenters. The van der Waals surface area contributed by atoms with Crippen molar-refractivity contribution in [1.29, 1.82) is 0 Å². The van der Waals surface area contributed by atoms with Gasteiger partial charge in [0.05, 0.1) is 4.92 Å². The SMILES string of the molecule is NNc1ncnc(N2CCC3CCCCC3C2)c1[N+](=O)[O-]. The maximum absolute atomic E-state index is 11.3. The van der Waals surface area contributed by atoms with Crippen molar-refractivity contribution in [3.63, 3.8) is 0 Å². The normalized spacial score (nSPS) is 25.3. The van der Waals surface area contributed by atoms with Crippen LogP contribution in [-0.2, 0) is 0 Å². The van der Waals surface area contributed by atoms with E-state index in [1.165, 1.54) is 32.0 Å². The van der Waals surface area contributed by atoms with E-state index in [2.05, 4.69) is 15.4 Å². The van der Waals surface area contributed by atoms with Gasteiger partial charge in [0.25, 0.3) is 0 Å². The molecule has 0 aromatic carbocycles. The van der Waals surface area contributed by atoms with E-state index >= 15 is 0 Å². The molecule has 1 aliphatic carbocycles. The maximum atomic E-state index is 11.3. The molecule has 0 bridgehead atoms. The highest BCUT2D eigenvalue weighted by atomic mass is 16.6. The number of nitrogen functional groups attached to an aromatic ring is 1. The molecule has 0 radical (unpaired) electrons. The van der Waals surface area contributed by atoms with Crippen LogP contribution in [0.2, 0.25) is 0 Å². The minimum atomic E-state index is -0.461. The molecule has 0 spiro atoms. The third-order valence-electron chi connectivity index (χ3n) is 4.71. The van der Waals surface area contributed by atoms with Crippen LogP contribution in [0.1, 0.15) is 32.1 Å². The van der Waals surface area contributed by atoms with Gasteiger partial charge < -0.3 is 10.3 Å². The first-order valence-corrected chi connectivity index (χ1v) is 7.41. The summed E-state index contributed by atoms with van der Waals surface area (Å²) in [7, 11) is 0. The molecule has 1 aromatic rings. The number of nitrogens with zero attached hydrogens (tertiary/aromatic N) is 4. The number of hydrogen-bond donors (Lipinski definition) is 2. The third kappa shape index (κ3) is 2.63. The molecule has 1 saturated carbocycles. The molecule has 8 heteroatoms. The summed E-state index contributed by atoms with van der Waals surface area (Å²) in [6.45, 7) is 1.65. The van der Waals surface area contributed by atoms with Gasteiger partial charge in [-0.05, 0) is 24.7 Å². The Balaban J connectivity index is 1.88. The van der Waals surface area contributed by atoms with E-state index in [9.17, 15) is 10.1 Å². The average Bonchev–Trinajstić information content (AvgIpc) is 2.53. The molecule has 3 N–H and O–H groups in total. The lowest BCUT2D eigenvalue weighted by molar-refractivity contribution is -0.383. The number of piperidine rings is 1. The highest BCUT2D eigenvalue weighted by Crippen LogP contribution is 2.39. The second-order valence-corrected chi connectivity index (χ2v) is 5.84. The zero-order chi connectivity index (χ0) is 14.8. The van der Waals surface area contributed by atoms with E-state index in [1.54, 1.807) is 0 Å². The molecule has 3 rings (SSSR count). The first kappa shape index (κ1) is 14.0. The highest BCUT2D eigenvalue weighted by Gasteiger charge is 2.35. The summed E-state index contributed by atoms with van der Waals surface area (Å²) in [6.07, 6.45) is 7.48. The van der Waals surface area contributed by atoms with Crippen LogP contribution < -0.4 is 16.2 Å². The second kappa shape index (κ2) is 5.80. The fraction of sp³-hybridized carbons (Fsp3) is 0.692. The molecule has 114 valence electrons. The maximum Gasteiger partial charge on any atom is 0.354 e. The number of anilines is 2. The molecule has 1 aliphatic heterocycles. The van der Waals surface area contributed by atoms with Gasteiger partial charge in [0, 0.05) is 13.1 Å². The predicted molar refractivity (Wildman–Crippen MR) is 78.8 cm³/mol. The third-order valence-corrected chi connectivity index (χ3v) is 4.71. The Bertz CT molecular complexity index is 537. The lowest BCUT2D eigenvalue weighted by Crippen LogP contribution is -2.42. The van der Waals surface area contributed by atoms with Gasteiger partial charge in [-0.1, -0.05) is 19.3 Å². The lowest BCUT2D eigenvalue weighted by atomic mass is 9.75. The van der Waals surface area contributed by atoms with E-state index in [1.807, 2.05) is 4.90 Å². The Labute approximate surface area is 122 Å². The molecule has 8 nitrogen and oxygen atoms in total. The second-order valence-electron chi connectivity index (χ2n) is 5.84. The molecular formula is C13H20N6O2. The first-order valence-electron chi connectivity index (χ1n) is 7.41. The largest absolute Gasteiger partial charge is 0.354 e. The van der Waals surface area contributed by atoms with Crippen LogP contribution in [0, 0.1) is 22.0 Å². The zero-order valence-corrected chi connectivity index (χ0v) is 11.9. The number of nitro groups is 1. The molecule has 2 aliphatic rings. The monoisotopic (exact) mass is 292 g/mol. The molecule has 0 amide bonds. The topological polar surface area (TPSA) is 110 Å². The van der Waals surface area contributed by atoms with Crippen molar-refractivity contribution in [2.45, 2.75) is 32.1 Å². The number of hydrazine groups is 1. The number of aromatic nitrogens is 2. The van der Waals surface area contributed by atoms with Crippen LogP contribution in [0.4, 0.5) is 17.3 Å². The van der Waals surface area contributed by atoms with Crippen molar-refractivity contribution in [2.24, 2.45) is 17.7 Å². The van der Waals surface area contributed by atoms with Crippen molar-refractivity contribution < 1.29 is 4.92 Å². The lowest BCUT2D eigenvalue weighted by Gasteiger charge is -2.41. The Kier molecular flexibility index (Phi) is 3.87. The fourth-order valence-corrected chi connectivity index (χ4v) is 3.67. The minimum Gasteiger partial charge on any atom is -0.350 e. The number of rotatable bonds is 3. The number of hydrogen-bond acceptors (Lipinski definition) is 7. The smallest absolute Gasteiger partial charge is 0.350 e. The minimum absolute atomic E-state index is 0.0655. The summed E-state index contributed by atoms with van der Waals surface area (Å²) >= 11 is 0. The molecule has 2 unspecified atom stereocenters. The molecule has 21 heavy (non-hydrogen) atoms. The van der Waals surface area contributed by atoms with Crippen molar-refractivity contribution in [2.75, 3.05) is 23.4 Å². The molecule has 1 aromatic heterocycles. The molecule has 2 heterocycles. The average molecular weight is 292 g/mol. The van der Waals surface area contributed by atoms with Crippen LogP contribution in [0.5, 0.6) is 0 Å². The first-order chi connectivity index (χ1) is 10.2. The summed E-state index contributed by atoms with van der Waals surface area (Å²) in [4.78, 5) is 20.9. The standard InChI is InChI=1S/C13H20N6O2/c14-17-12-11(19(20)21)13(16-8-15-12)18-6-5-9-3-1-2-4-10(9)7-18/h8-10H,1-7,14H2,(H,15,16,17). The Morgan fingerprint density at radius 3 is 2.76 bits per heavy atom. The summed E-state index contributed by atoms with van der Waals surface area (Å²) in [5.41, 5.74) is 2.16. The van der Waals surface area contributed by atoms with Crippen molar-refractivity contribution in [3.05, 3.63) is 16.4 Å². The van der Waals surface area contributed by atoms with Gasteiger partial charge in [-0.2, -0.15) is 0 Å². The van der Waals surface area contributed by atoms with E-state index in [0.29, 0.717) is 11.7 Å². The van der Waals surface area contributed by atoms with Crippen LogP contribution in [0.25, 0.3) is 0 Å². The van der Waals surface area contributed by atoms with Gasteiger partial charge in [-0.15, -0.1) is 0 Å².